The average Bonchev–Trinajstić information content (AvgIpc) is 3.38. The zero-order chi connectivity index (χ0) is 55.2. The smallest absolute Gasteiger partial charge is 0.243 e. The number of nitrogens with zero attached hydrogens (tertiary/aromatic N) is 1. The number of allylic oxidation sites excluding steroid dienone is 4. The molecule has 6 amide bonds. The number of ether oxygens (including phenoxy) is 3. The molecule has 0 radical (unpaired) electrons. The quantitative estimate of drug-likeness (QED) is 0.0540. The third-order valence-electron chi connectivity index (χ3n) is 16.8. The van der Waals surface area contributed by atoms with E-state index in [2.05, 4.69) is 45.3 Å². The van der Waals surface area contributed by atoms with Crippen LogP contribution in [0.4, 0.5) is 5.69 Å². The highest BCUT2D eigenvalue weighted by molar-refractivity contribution is 6.01. The van der Waals surface area contributed by atoms with Gasteiger partial charge in [0.2, 0.25) is 35.4 Å². The van der Waals surface area contributed by atoms with Crippen molar-refractivity contribution < 1.29 is 57.7 Å². The minimum absolute atomic E-state index is 0.0174. The molecule has 4 fully saturated rings. The van der Waals surface area contributed by atoms with Crippen molar-refractivity contribution in [3.63, 3.8) is 0 Å². The summed E-state index contributed by atoms with van der Waals surface area (Å²) in [5, 5.41) is 24.7. The molecular formula is C60H68N6O12. The van der Waals surface area contributed by atoms with Gasteiger partial charge >= 0.3 is 0 Å². The van der Waals surface area contributed by atoms with E-state index in [1.54, 1.807) is 47.4 Å². The molecule has 4 aliphatic carbocycles. The van der Waals surface area contributed by atoms with E-state index in [1.807, 2.05) is 68.5 Å². The van der Waals surface area contributed by atoms with Crippen molar-refractivity contribution in [1.29, 1.82) is 0 Å². The van der Waals surface area contributed by atoms with Gasteiger partial charge < -0.3 is 50.8 Å². The van der Waals surface area contributed by atoms with Crippen LogP contribution in [0.2, 0.25) is 0 Å². The van der Waals surface area contributed by atoms with Crippen molar-refractivity contribution in [2.75, 3.05) is 37.9 Å². The zero-order valence-electron chi connectivity index (χ0n) is 44.3. The molecule has 0 bridgehead atoms. The molecule has 2 heterocycles. The number of hydrogen-bond acceptors (Lipinski definition) is 12. The highest BCUT2D eigenvalue weighted by atomic mass is 16.7. The van der Waals surface area contributed by atoms with Gasteiger partial charge in [0.05, 0.1) is 44.1 Å². The van der Waals surface area contributed by atoms with Crippen molar-refractivity contribution in [2.24, 2.45) is 28.6 Å². The first-order valence-corrected chi connectivity index (χ1v) is 27.0. The minimum atomic E-state index is -1.40. The van der Waals surface area contributed by atoms with E-state index >= 15 is 0 Å². The molecule has 9 rings (SSSR count). The number of para-hydroxylation sites is 1. The highest BCUT2D eigenvalue weighted by Crippen LogP contribution is 2.69. The van der Waals surface area contributed by atoms with Crippen molar-refractivity contribution in [3.05, 3.63) is 125 Å². The molecule has 78 heavy (non-hydrogen) atoms. The number of hydrogen-bond donors (Lipinski definition) is 6. The third-order valence-corrected chi connectivity index (χ3v) is 16.8. The number of rotatable bonds is 20. The molecule has 3 aromatic rings. The molecule has 0 spiro atoms. The Morgan fingerprint density at radius 2 is 1.53 bits per heavy atom. The minimum Gasteiger partial charge on any atom is -0.393 e. The van der Waals surface area contributed by atoms with E-state index in [1.165, 1.54) is 0 Å². The molecule has 6 aliphatic rings. The lowest BCUT2D eigenvalue weighted by atomic mass is 9.46. The van der Waals surface area contributed by atoms with Gasteiger partial charge in [0, 0.05) is 47.1 Å². The van der Waals surface area contributed by atoms with Crippen molar-refractivity contribution in [1.82, 2.24) is 26.6 Å². The molecule has 0 aromatic heterocycles. The molecule has 2 aliphatic heterocycles. The average molecular weight is 1070 g/mol. The van der Waals surface area contributed by atoms with E-state index in [0.717, 1.165) is 29.5 Å². The van der Waals surface area contributed by atoms with Crippen LogP contribution in [-0.4, -0.2) is 115 Å². The topological polar surface area (TPSA) is 248 Å². The summed E-state index contributed by atoms with van der Waals surface area (Å²) in [6.45, 7) is 4.14. The second-order valence-corrected chi connectivity index (χ2v) is 21.6. The number of benzene rings is 3. The van der Waals surface area contributed by atoms with Crippen LogP contribution < -0.4 is 31.5 Å². The lowest BCUT2D eigenvalue weighted by Crippen LogP contribution is -2.63. The van der Waals surface area contributed by atoms with E-state index in [-0.39, 0.29) is 67.8 Å². The summed E-state index contributed by atoms with van der Waals surface area (Å²) in [5.41, 5.74) is 2.05. The summed E-state index contributed by atoms with van der Waals surface area (Å²) in [6, 6.07) is 22.6. The Morgan fingerprint density at radius 1 is 0.833 bits per heavy atom. The Kier molecular flexibility index (Phi) is 16.9. The Labute approximate surface area is 453 Å². The highest BCUT2D eigenvalue weighted by Gasteiger charge is 2.75. The number of carbonyl (C=O) groups excluding carboxylic acids is 8. The van der Waals surface area contributed by atoms with Crippen molar-refractivity contribution >= 4 is 52.7 Å². The molecule has 6 N–H and O–H groups in total. The zero-order valence-corrected chi connectivity index (χ0v) is 44.3. The summed E-state index contributed by atoms with van der Waals surface area (Å²) in [6.07, 6.45) is 6.72. The predicted molar refractivity (Wildman–Crippen MR) is 285 cm³/mol. The number of aliphatic hydroxyl groups is 1. The van der Waals surface area contributed by atoms with Gasteiger partial charge in [-0.25, -0.2) is 0 Å². The lowest BCUT2D eigenvalue weighted by molar-refractivity contribution is -0.201. The van der Waals surface area contributed by atoms with E-state index in [4.69, 9.17) is 14.2 Å². The van der Waals surface area contributed by atoms with Gasteiger partial charge in [0.25, 0.3) is 0 Å². The van der Waals surface area contributed by atoms with Crippen LogP contribution in [0.3, 0.4) is 0 Å². The molecule has 410 valence electrons. The van der Waals surface area contributed by atoms with Crippen LogP contribution in [0.5, 0.6) is 0 Å². The summed E-state index contributed by atoms with van der Waals surface area (Å²) >= 11 is 0. The first-order valence-electron chi connectivity index (χ1n) is 27.0. The molecule has 1 saturated heterocycles. The molecule has 10 atom stereocenters. The molecule has 18 heteroatoms. The molecule has 3 aromatic carbocycles. The SMILES string of the molecule is CCCC1O[C@@H]2C[C@H]3[C@@H]4CCC5=CC(=O)C=C[C@]5(C)[C@H]4[C@@H](O)C[C@]3(C)[C@]2(C(=O)COCNC(=O)CNC(=O)[C@H](Cc2ccccc2)NC(=O)CNC(=O)CNC(=O)CCC(=O)N2Cc3ccccc3C#Cc3ccccc32)O1. The van der Waals surface area contributed by atoms with Crippen LogP contribution >= 0.6 is 0 Å². The fraction of sp³-hybridized carbons (Fsp3) is 0.467. The summed E-state index contributed by atoms with van der Waals surface area (Å²) in [7, 11) is 0. The number of aliphatic hydroxyl groups excluding tert-OH is 1. The summed E-state index contributed by atoms with van der Waals surface area (Å²) in [4.78, 5) is 107. The van der Waals surface area contributed by atoms with Gasteiger partial charge in [-0.1, -0.05) is 111 Å². The normalized spacial score (nSPS) is 27.4. The van der Waals surface area contributed by atoms with Crippen molar-refractivity contribution in [2.45, 2.75) is 115 Å². The number of Topliss-reactive ketones (excluding diaryl/α,β-unsaturated/α-hetero) is 1. The number of ketones is 2. The molecule has 1 unspecified atom stereocenters. The number of amides is 6. The van der Waals surface area contributed by atoms with Crippen LogP contribution in [0.15, 0.2) is 103 Å². The number of carbonyl (C=O) groups is 8. The van der Waals surface area contributed by atoms with E-state index < -0.39 is 96.7 Å². The number of nitrogens with one attached hydrogen (secondary N) is 5. The van der Waals surface area contributed by atoms with Crippen LogP contribution in [0, 0.1) is 40.4 Å². The van der Waals surface area contributed by atoms with Crippen LogP contribution in [0.25, 0.3) is 0 Å². The fourth-order valence-electron chi connectivity index (χ4n) is 13.1. The van der Waals surface area contributed by atoms with Gasteiger partial charge in [-0.15, -0.1) is 0 Å². The van der Waals surface area contributed by atoms with Crippen LogP contribution in [-0.2, 0) is 65.5 Å². The standard InChI is InChI=1S/C60H68N6O12/c1-4-12-55-77-49-29-44-43-22-21-41-28-42(67)25-26-58(41,2)56(43)47(68)30-59(44,3)60(49,78-55)48(69)35-76-36-64-52(72)32-63-57(75)45(27-37-13-6-5-7-14-37)65-53(73)33-62-51(71)31-61-50(70)23-24-54(74)66-34-40-17-9-8-15-38(40)19-20-39-16-10-11-18-46(39)66/h5-11,13-18,25-26,28,43-45,47,49,55-56,68H,4,12,21-24,27,29-36H2,1-3H3,(H,61,70)(H,62,71)(H,63,75)(H,64,72)(H,65,73)/t43-,44-,45-,47-,49+,55?,56+,58-,59-,60+/m0/s1. The summed E-state index contributed by atoms with van der Waals surface area (Å²) in [5.74, 6) is 2.28. The second kappa shape index (κ2) is 23.7. The number of fused-ring (bicyclic) bond motifs is 9. The second-order valence-electron chi connectivity index (χ2n) is 21.6. The number of anilines is 1. The van der Waals surface area contributed by atoms with Gasteiger partial charge in [-0.3, -0.25) is 38.4 Å². The maximum Gasteiger partial charge on any atom is 0.243 e. The van der Waals surface area contributed by atoms with Gasteiger partial charge in [-0.2, -0.15) is 0 Å². The Hall–Kier alpha value is -7.30. The van der Waals surface area contributed by atoms with E-state index in [9.17, 15) is 43.5 Å². The monoisotopic (exact) mass is 1060 g/mol. The first-order chi connectivity index (χ1) is 37.5. The maximum absolute atomic E-state index is 14.6. The third kappa shape index (κ3) is 11.5. The van der Waals surface area contributed by atoms with Gasteiger partial charge in [0.1, 0.15) is 19.4 Å². The largest absolute Gasteiger partial charge is 0.393 e. The van der Waals surface area contributed by atoms with E-state index in [0.29, 0.717) is 42.5 Å². The molecule has 18 nitrogen and oxygen atoms in total. The predicted octanol–water partition coefficient (Wildman–Crippen LogP) is 3.62. The van der Waals surface area contributed by atoms with Crippen LogP contribution in [0.1, 0.15) is 94.4 Å². The van der Waals surface area contributed by atoms with Gasteiger partial charge in [-0.05, 0) is 85.4 Å². The van der Waals surface area contributed by atoms with Gasteiger partial charge in [0.15, 0.2) is 23.5 Å². The first kappa shape index (κ1) is 55.5. The Morgan fingerprint density at radius 3 is 2.32 bits per heavy atom. The fourth-order valence-corrected chi connectivity index (χ4v) is 13.1. The Balaban J connectivity index is 0.729. The maximum atomic E-state index is 14.6. The molecular weight excluding hydrogens is 997 g/mol. The Bertz CT molecular complexity index is 2970. The van der Waals surface area contributed by atoms with Crippen molar-refractivity contribution in [3.8, 4) is 11.8 Å². The lowest BCUT2D eigenvalue weighted by Gasteiger charge is -2.59. The molecule has 3 saturated carbocycles. The summed E-state index contributed by atoms with van der Waals surface area (Å²) < 4.78 is 19.0.